The smallest absolute Gasteiger partial charge is 0.328 e. The fourth-order valence-corrected chi connectivity index (χ4v) is 3.35. The Balaban J connectivity index is 2.11. The van der Waals surface area contributed by atoms with Gasteiger partial charge in [0, 0.05) is 12.6 Å². The van der Waals surface area contributed by atoms with Gasteiger partial charge in [0.05, 0.1) is 0 Å². The molecule has 1 atom stereocenters. The van der Waals surface area contributed by atoms with Gasteiger partial charge >= 0.3 is 5.97 Å². The van der Waals surface area contributed by atoms with Crippen LogP contribution in [0.1, 0.15) is 37.7 Å². The molecular weight excluding hydrogens is 264 g/mol. The van der Waals surface area contributed by atoms with Gasteiger partial charge in [0.2, 0.25) is 0 Å². The van der Waals surface area contributed by atoms with E-state index < -0.39 is 11.5 Å². The maximum Gasteiger partial charge on any atom is 0.328 e. The van der Waals surface area contributed by atoms with Gasteiger partial charge in [-0.1, -0.05) is 43.2 Å². The van der Waals surface area contributed by atoms with Gasteiger partial charge in [-0.2, -0.15) is 0 Å². The predicted molar refractivity (Wildman–Crippen MR) is 84.3 cm³/mol. The van der Waals surface area contributed by atoms with Crippen molar-refractivity contribution in [1.82, 2.24) is 10.2 Å². The molecule has 4 heteroatoms. The van der Waals surface area contributed by atoms with Crippen LogP contribution in [0.4, 0.5) is 0 Å². The number of carboxylic acid groups (broad SMARTS) is 1. The molecule has 0 amide bonds. The normalized spacial score (nSPS) is 18.8. The molecule has 2 rings (SSSR count). The summed E-state index contributed by atoms with van der Waals surface area (Å²) < 4.78 is 0. The molecule has 0 saturated heterocycles. The highest BCUT2D eigenvalue weighted by atomic mass is 16.4. The van der Waals surface area contributed by atoms with Crippen molar-refractivity contribution in [2.24, 2.45) is 0 Å². The summed E-state index contributed by atoms with van der Waals surface area (Å²) in [7, 11) is 3.85. The monoisotopic (exact) mass is 290 g/mol. The molecule has 1 unspecified atom stereocenters. The topological polar surface area (TPSA) is 52.6 Å². The first-order chi connectivity index (χ1) is 10.1. The van der Waals surface area contributed by atoms with Crippen molar-refractivity contribution in [3.05, 3.63) is 35.9 Å². The maximum absolute atomic E-state index is 11.9. The third-order valence-corrected chi connectivity index (χ3v) is 4.85. The van der Waals surface area contributed by atoms with Gasteiger partial charge in [-0.3, -0.25) is 0 Å². The lowest BCUT2D eigenvalue weighted by molar-refractivity contribution is -0.145. The van der Waals surface area contributed by atoms with Crippen molar-refractivity contribution in [1.29, 1.82) is 0 Å². The Morgan fingerprint density at radius 2 is 1.95 bits per heavy atom. The highest BCUT2D eigenvalue weighted by molar-refractivity contribution is 5.80. The minimum absolute atomic E-state index is 0.565. The Morgan fingerprint density at radius 3 is 2.48 bits per heavy atom. The number of carboxylic acids is 1. The lowest BCUT2D eigenvalue weighted by atomic mass is 9.86. The molecule has 1 saturated carbocycles. The summed E-state index contributed by atoms with van der Waals surface area (Å²) in [6.07, 6.45) is 5.63. The summed E-state index contributed by atoms with van der Waals surface area (Å²) in [5, 5.41) is 12.8. The fraction of sp³-hybridized carbons (Fsp3) is 0.588. The Kier molecular flexibility index (Phi) is 5.37. The van der Waals surface area contributed by atoms with Crippen LogP contribution in [0.25, 0.3) is 0 Å². The van der Waals surface area contributed by atoms with Gasteiger partial charge in [-0.25, -0.2) is 4.79 Å². The number of carbonyl (C=O) groups is 1. The average molecular weight is 290 g/mol. The van der Waals surface area contributed by atoms with E-state index in [1.165, 1.54) is 25.7 Å². The molecule has 4 nitrogen and oxygen atoms in total. The van der Waals surface area contributed by atoms with Crippen molar-refractivity contribution in [2.75, 3.05) is 20.6 Å². The van der Waals surface area contributed by atoms with Crippen molar-refractivity contribution in [2.45, 2.75) is 43.7 Å². The molecule has 0 heterocycles. The summed E-state index contributed by atoms with van der Waals surface area (Å²) in [6, 6.07) is 10.1. The first-order valence-corrected chi connectivity index (χ1v) is 7.78. The first-order valence-electron chi connectivity index (χ1n) is 7.78. The second-order valence-electron chi connectivity index (χ2n) is 6.00. The predicted octanol–water partition coefficient (Wildman–Crippen LogP) is 2.45. The maximum atomic E-state index is 11.9. The number of likely N-dealkylation sites (N-methyl/N-ethyl adjacent to an activating group) is 1. The summed E-state index contributed by atoms with van der Waals surface area (Å²) in [6.45, 7) is 0.784. The van der Waals surface area contributed by atoms with E-state index in [-0.39, 0.29) is 0 Å². The zero-order valence-corrected chi connectivity index (χ0v) is 13.0. The molecule has 21 heavy (non-hydrogen) atoms. The quantitative estimate of drug-likeness (QED) is 0.810. The number of hydrogen-bond acceptors (Lipinski definition) is 3. The fourth-order valence-electron chi connectivity index (χ4n) is 3.35. The molecule has 1 aliphatic rings. The van der Waals surface area contributed by atoms with Gasteiger partial charge in [0.25, 0.3) is 0 Å². The summed E-state index contributed by atoms with van der Waals surface area (Å²) in [5.41, 5.74) is -0.187. The molecule has 1 aliphatic carbocycles. The van der Waals surface area contributed by atoms with Crippen LogP contribution in [0.5, 0.6) is 0 Å². The summed E-state index contributed by atoms with van der Waals surface area (Å²) in [5.74, 6) is -0.809. The van der Waals surface area contributed by atoms with Gasteiger partial charge in [-0.15, -0.1) is 0 Å². The van der Waals surface area contributed by atoms with Crippen LogP contribution in [-0.2, 0) is 10.3 Å². The van der Waals surface area contributed by atoms with E-state index in [0.29, 0.717) is 12.5 Å². The largest absolute Gasteiger partial charge is 0.480 e. The van der Waals surface area contributed by atoms with E-state index >= 15 is 0 Å². The zero-order valence-electron chi connectivity index (χ0n) is 13.0. The van der Waals surface area contributed by atoms with Crippen molar-refractivity contribution < 1.29 is 9.90 Å². The Hall–Kier alpha value is -1.39. The number of benzene rings is 1. The van der Waals surface area contributed by atoms with E-state index in [4.69, 9.17) is 0 Å². The number of nitrogens with one attached hydrogen (secondary N) is 1. The number of rotatable bonds is 7. The molecule has 0 bridgehead atoms. The van der Waals surface area contributed by atoms with Crippen LogP contribution in [0.15, 0.2) is 30.3 Å². The molecule has 0 aromatic heterocycles. The van der Waals surface area contributed by atoms with Crippen molar-refractivity contribution in [3.8, 4) is 0 Å². The number of aliphatic carboxylic acids is 1. The SMILES string of the molecule is CNC(CCN(C)C1CCCC1)(C(=O)O)c1ccccc1. The van der Waals surface area contributed by atoms with Crippen molar-refractivity contribution in [3.63, 3.8) is 0 Å². The van der Waals surface area contributed by atoms with Gasteiger partial charge in [0.15, 0.2) is 0 Å². The molecule has 1 fully saturated rings. The first kappa shape index (κ1) is 16.0. The molecule has 0 aliphatic heterocycles. The Morgan fingerprint density at radius 1 is 1.33 bits per heavy atom. The second-order valence-corrected chi connectivity index (χ2v) is 6.00. The van der Waals surface area contributed by atoms with Crippen LogP contribution >= 0.6 is 0 Å². The summed E-state index contributed by atoms with van der Waals surface area (Å²) >= 11 is 0. The van der Waals surface area contributed by atoms with Crippen LogP contribution in [-0.4, -0.2) is 42.7 Å². The van der Waals surface area contributed by atoms with Crippen LogP contribution < -0.4 is 5.32 Å². The van der Waals surface area contributed by atoms with Gasteiger partial charge in [0.1, 0.15) is 5.54 Å². The highest BCUT2D eigenvalue weighted by Gasteiger charge is 2.39. The molecule has 116 valence electrons. The minimum Gasteiger partial charge on any atom is -0.480 e. The van der Waals surface area contributed by atoms with Gasteiger partial charge < -0.3 is 15.3 Å². The van der Waals surface area contributed by atoms with E-state index in [0.717, 1.165) is 12.1 Å². The standard InChI is InChI=1S/C17H26N2O2/c1-18-17(16(20)21,14-8-4-3-5-9-14)12-13-19(2)15-10-6-7-11-15/h3-5,8-9,15,18H,6-7,10-13H2,1-2H3,(H,20,21). The molecule has 1 aromatic rings. The van der Waals surface area contributed by atoms with Gasteiger partial charge in [-0.05, 0) is 38.9 Å². The minimum atomic E-state index is -1.01. The average Bonchev–Trinajstić information content (AvgIpc) is 3.03. The molecular formula is C17H26N2O2. The Bertz CT molecular complexity index is 457. The van der Waals surface area contributed by atoms with E-state index in [1.807, 2.05) is 30.3 Å². The van der Waals surface area contributed by atoms with Crippen molar-refractivity contribution >= 4 is 5.97 Å². The molecule has 1 aromatic carbocycles. The van der Waals surface area contributed by atoms with E-state index in [9.17, 15) is 9.90 Å². The van der Waals surface area contributed by atoms with Crippen LogP contribution in [0.3, 0.4) is 0 Å². The van der Waals surface area contributed by atoms with Crippen LogP contribution in [0, 0.1) is 0 Å². The lowest BCUT2D eigenvalue weighted by Gasteiger charge is -2.33. The zero-order chi connectivity index (χ0) is 15.3. The number of nitrogens with zero attached hydrogens (tertiary/aromatic N) is 1. The summed E-state index contributed by atoms with van der Waals surface area (Å²) in [4.78, 5) is 14.2. The van der Waals surface area contributed by atoms with Crippen LogP contribution in [0.2, 0.25) is 0 Å². The third kappa shape index (κ3) is 3.44. The molecule has 0 radical (unpaired) electrons. The van der Waals surface area contributed by atoms with E-state index in [2.05, 4.69) is 17.3 Å². The highest BCUT2D eigenvalue weighted by Crippen LogP contribution is 2.28. The molecule has 0 spiro atoms. The Labute approximate surface area is 127 Å². The third-order valence-electron chi connectivity index (χ3n) is 4.85. The lowest BCUT2D eigenvalue weighted by Crippen LogP contribution is -2.49. The van der Waals surface area contributed by atoms with E-state index in [1.54, 1.807) is 7.05 Å². The second kappa shape index (κ2) is 7.05. The molecule has 2 N–H and O–H groups in total. The number of hydrogen-bond donors (Lipinski definition) is 2.